The predicted molar refractivity (Wildman–Crippen MR) is 136 cm³/mol. The second kappa shape index (κ2) is 14.3. The van der Waals surface area contributed by atoms with Crippen molar-refractivity contribution in [3.63, 3.8) is 0 Å². The molecule has 1 saturated heterocycles. The van der Waals surface area contributed by atoms with Crippen LogP contribution in [0.1, 0.15) is 48.0 Å². The summed E-state index contributed by atoms with van der Waals surface area (Å²) in [7, 11) is -3.66. The van der Waals surface area contributed by atoms with Crippen LogP contribution in [0.5, 0.6) is 0 Å². The van der Waals surface area contributed by atoms with Crippen LogP contribution in [0.4, 0.5) is 11.4 Å². The Hall–Kier alpha value is -2.27. The smallest absolute Gasteiger partial charge is 0.283 e. The second-order valence-electron chi connectivity index (χ2n) is 8.32. The zero-order chi connectivity index (χ0) is 25.8. The Labute approximate surface area is 214 Å². The van der Waals surface area contributed by atoms with Gasteiger partial charge < -0.3 is 15.1 Å². The van der Waals surface area contributed by atoms with Gasteiger partial charge in [-0.3, -0.25) is 19.1 Å². The molecule has 1 aromatic rings. The normalized spacial score (nSPS) is 14.7. The molecule has 1 N–H and O–H groups in total. The molecule has 0 atom stereocenters. The van der Waals surface area contributed by atoms with Crippen LogP contribution in [-0.2, 0) is 14.3 Å². The number of anilines is 1. The Bertz CT molecular complexity index is 1020. The molecule has 1 aliphatic heterocycles. The molecule has 1 amide bonds. The summed E-state index contributed by atoms with van der Waals surface area (Å²) in [6, 6.07) is 4.35. The molecule has 0 bridgehead atoms. The van der Waals surface area contributed by atoms with Gasteiger partial charge in [0.2, 0.25) is 0 Å². The van der Waals surface area contributed by atoms with Crippen molar-refractivity contribution in [3.8, 4) is 6.07 Å². The van der Waals surface area contributed by atoms with Crippen molar-refractivity contribution >= 4 is 43.3 Å². The van der Waals surface area contributed by atoms with Gasteiger partial charge in [-0.1, -0.05) is 28.8 Å². The van der Waals surface area contributed by atoms with E-state index < -0.39 is 26.6 Å². The first-order chi connectivity index (χ1) is 16.7. The number of nitrogens with one attached hydrogen (secondary N) is 1. The SMILES string of the molecule is CS(=O)(=O)OCCN(CCBr)c1cc(C(=O)NCCCN2CCCCCC2)c([N+](=O)[O-])cc1C#N. The topological polar surface area (TPSA) is 146 Å². The Balaban J connectivity index is 2.18. The van der Waals surface area contributed by atoms with E-state index in [0.717, 1.165) is 38.4 Å². The summed E-state index contributed by atoms with van der Waals surface area (Å²) in [4.78, 5) is 27.9. The predicted octanol–water partition coefficient (Wildman–Crippen LogP) is 2.64. The van der Waals surface area contributed by atoms with Crippen LogP contribution in [0.15, 0.2) is 12.1 Å². The monoisotopic (exact) mass is 573 g/mol. The molecule has 1 fully saturated rings. The second-order valence-corrected chi connectivity index (χ2v) is 10.8. The zero-order valence-corrected chi connectivity index (χ0v) is 22.3. The summed E-state index contributed by atoms with van der Waals surface area (Å²) in [6.45, 7) is 3.59. The van der Waals surface area contributed by atoms with E-state index in [0.29, 0.717) is 24.1 Å². The van der Waals surface area contributed by atoms with Crippen molar-refractivity contribution in [2.45, 2.75) is 32.1 Å². The Morgan fingerprint density at radius 3 is 2.54 bits per heavy atom. The number of nitrogens with zero attached hydrogens (tertiary/aromatic N) is 4. The molecule has 13 heteroatoms. The molecule has 11 nitrogen and oxygen atoms in total. The van der Waals surface area contributed by atoms with E-state index in [2.05, 4.69) is 26.1 Å². The Kier molecular flexibility index (Phi) is 11.9. The third kappa shape index (κ3) is 9.71. The number of alkyl halides is 1. The van der Waals surface area contributed by atoms with Crippen LogP contribution in [0, 0.1) is 21.4 Å². The maximum absolute atomic E-state index is 12.9. The summed E-state index contributed by atoms with van der Waals surface area (Å²) in [5.41, 5.74) is -0.303. The number of hydrogen-bond donors (Lipinski definition) is 1. The highest BCUT2D eigenvalue weighted by Gasteiger charge is 2.25. The molecule has 0 aromatic heterocycles. The summed E-state index contributed by atoms with van der Waals surface area (Å²) in [6.07, 6.45) is 6.49. The van der Waals surface area contributed by atoms with Crippen LogP contribution in [0.3, 0.4) is 0 Å². The molecule has 2 rings (SSSR count). The van der Waals surface area contributed by atoms with Gasteiger partial charge in [0, 0.05) is 31.0 Å². The maximum atomic E-state index is 12.9. The van der Waals surface area contributed by atoms with Crippen LogP contribution in [-0.4, -0.2) is 81.6 Å². The lowest BCUT2D eigenvalue weighted by atomic mass is 10.0. The third-order valence-electron chi connectivity index (χ3n) is 5.66. The van der Waals surface area contributed by atoms with Crippen LogP contribution >= 0.6 is 15.9 Å². The summed E-state index contributed by atoms with van der Waals surface area (Å²) in [5.74, 6) is -0.593. The molecular weight excluding hydrogens is 542 g/mol. The van der Waals surface area contributed by atoms with Crippen molar-refractivity contribution in [1.82, 2.24) is 10.2 Å². The fourth-order valence-electron chi connectivity index (χ4n) is 3.97. The molecule has 1 aromatic carbocycles. The van der Waals surface area contributed by atoms with E-state index in [1.54, 1.807) is 4.90 Å². The standard InChI is InChI=1S/C22H32BrN5O6S/c1-35(32,33)34-14-13-27(12-7-23)20-16-19(21(28(30)31)15-18(20)17-24)22(29)25-8-6-11-26-9-4-2-3-5-10-26/h15-16H,2-14H2,1H3,(H,25,29). The average molecular weight is 574 g/mol. The molecule has 0 spiro atoms. The lowest BCUT2D eigenvalue weighted by Crippen LogP contribution is -2.32. The summed E-state index contributed by atoms with van der Waals surface area (Å²) >= 11 is 3.31. The molecule has 0 radical (unpaired) electrons. The third-order valence-corrected chi connectivity index (χ3v) is 6.61. The minimum absolute atomic E-state index is 0.00900. The molecule has 0 unspecified atom stereocenters. The number of carbonyl (C=O) groups excluding carboxylic acids is 1. The van der Waals surface area contributed by atoms with Crippen molar-refractivity contribution in [3.05, 3.63) is 33.4 Å². The lowest BCUT2D eigenvalue weighted by molar-refractivity contribution is -0.385. The van der Waals surface area contributed by atoms with Crippen molar-refractivity contribution in [1.29, 1.82) is 5.26 Å². The fraction of sp³-hybridized carbons (Fsp3) is 0.636. The molecule has 194 valence electrons. The van der Waals surface area contributed by atoms with Gasteiger partial charge in [-0.15, -0.1) is 0 Å². The Morgan fingerprint density at radius 2 is 1.97 bits per heavy atom. The van der Waals surface area contributed by atoms with E-state index in [9.17, 15) is 28.6 Å². The van der Waals surface area contributed by atoms with Gasteiger partial charge in [0.15, 0.2) is 0 Å². The fourth-order valence-corrected chi connectivity index (χ4v) is 4.78. The van der Waals surface area contributed by atoms with E-state index in [1.807, 2.05) is 6.07 Å². The lowest BCUT2D eigenvalue weighted by Gasteiger charge is -2.25. The number of nitro benzene ring substituents is 1. The highest BCUT2D eigenvalue weighted by atomic mass is 79.9. The van der Waals surface area contributed by atoms with E-state index in [4.69, 9.17) is 4.18 Å². The zero-order valence-electron chi connectivity index (χ0n) is 19.9. The van der Waals surface area contributed by atoms with Gasteiger partial charge in [0.05, 0.1) is 29.0 Å². The van der Waals surface area contributed by atoms with Gasteiger partial charge in [0.1, 0.15) is 11.6 Å². The summed E-state index contributed by atoms with van der Waals surface area (Å²) in [5, 5.41) is 24.5. The number of amides is 1. The quantitative estimate of drug-likeness (QED) is 0.124. The number of rotatable bonds is 13. The number of benzene rings is 1. The minimum atomic E-state index is -3.66. The average Bonchev–Trinajstić information content (AvgIpc) is 3.08. The first-order valence-electron chi connectivity index (χ1n) is 11.5. The molecule has 0 saturated carbocycles. The Morgan fingerprint density at radius 1 is 1.29 bits per heavy atom. The van der Waals surface area contributed by atoms with Gasteiger partial charge in [-0.25, -0.2) is 0 Å². The highest BCUT2D eigenvalue weighted by molar-refractivity contribution is 9.09. The molecular formula is C22H32BrN5O6S. The highest BCUT2D eigenvalue weighted by Crippen LogP contribution is 2.30. The van der Waals surface area contributed by atoms with E-state index in [-0.39, 0.29) is 24.3 Å². The van der Waals surface area contributed by atoms with Gasteiger partial charge in [-0.2, -0.15) is 13.7 Å². The van der Waals surface area contributed by atoms with Crippen LogP contribution in [0.25, 0.3) is 0 Å². The largest absolute Gasteiger partial charge is 0.367 e. The van der Waals surface area contributed by atoms with Gasteiger partial charge in [0.25, 0.3) is 21.7 Å². The minimum Gasteiger partial charge on any atom is -0.367 e. The number of halogens is 1. The maximum Gasteiger partial charge on any atom is 0.283 e. The van der Waals surface area contributed by atoms with Crippen LogP contribution < -0.4 is 10.2 Å². The van der Waals surface area contributed by atoms with E-state index in [1.165, 1.54) is 31.7 Å². The molecule has 0 aliphatic carbocycles. The van der Waals surface area contributed by atoms with Crippen LogP contribution in [0.2, 0.25) is 0 Å². The number of hydrogen-bond acceptors (Lipinski definition) is 9. The number of nitriles is 1. The van der Waals surface area contributed by atoms with Gasteiger partial charge >= 0.3 is 0 Å². The molecule has 1 heterocycles. The first-order valence-corrected chi connectivity index (χ1v) is 14.5. The number of likely N-dealkylation sites (tertiary alicyclic amines) is 1. The van der Waals surface area contributed by atoms with Gasteiger partial charge in [-0.05, 0) is 45.0 Å². The molecule has 35 heavy (non-hydrogen) atoms. The van der Waals surface area contributed by atoms with Crippen molar-refractivity contribution < 1.29 is 22.3 Å². The number of nitro groups is 1. The van der Waals surface area contributed by atoms with Crippen molar-refractivity contribution in [2.24, 2.45) is 0 Å². The molecule has 1 aliphatic rings. The first kappa shape index (κ1) is 29.0. The summed E-state index contributed by atoms with van der Waals surface area (Å²) < 4.78 is 27.4. The van der Waals surface area contributed by atoms with Crippen molar-refractivity contribution in [2.75, 3.05) is 62.4 Å². The number of carbonyl (C=O) groups is 1. The van der Waals surface area contributed by atoms with E-state index >= 15 is 0 Å².